The smallest absolute Gasteiger partial charge is 0.130 e. The average molecular weight is 423 g/mol. The van der Waals surface area contributed by atoms with Crippen molar-refractivity contribution in [1.29, 1.82) is 0 Å². The fraction of sp³-hybridized carbons (Fsp3) is 0.478. The second-order valence-electron chi connectivity index (χ2n) is 7.03. The first-order valence-electron chi connectivity index (χ1n) is 10.0. The third-order valence-electron chi connectivity index (χ3n) is 3.61. The van der Waals surface area contributed by atoms with Crippen LogP contribution >= 0.6 is 23.5 Å². The molecule has 0 amide bonds. The molecule has 0 radical (unpaired) electrons. The van der Waals surface area contributed by atoms with Gasteiger partial charge in [0.25, 0.3) is 0 Å². The number of nitrogens with zero attached hydrogens (tertiary/aromatic N) is 2. The van der Waals surface area contributed by atoms with Gasteiger partial charge < -0.3 is 0 Å². The molecule has 1 saturated carbocycles. The molecule has 1 aliphatic carbocycles. The van der Waals surface area contributed by atoms with E-state index in [1.54, 1.807) is 24.1 Å². The molecule has 154 valence electrons. The van der Waals surface area contributed by atoms with Crippen molar-refractivity contribution in [3.05, 3.63) is 52.9 Å². The molecule has 1 aromatic heterocycles. The molecule has 2 nitrogen and oxygen atoms in total. The predicted molar refractivity (Wildman–Crippen MR) is 124 cm³/mol. The highest BCUT2D eigenvalue weighted by molar-refractivity contribution is 7.99. The highest BCUT2D eigenvalue weighted by atomic mass is 35.5. The lowest BCUT2D eigenvalue weighted by atomic mass is 10.0. The van der Waals surface area contributed by atoms with Gasteiger partial charge in [0.2, 0.25) is 0 Å². The molecule has 0 N–H and O–H groups in total. The highest BCUT2D eigenvalue weighted by Crippen LogP contribution is 2.37. The molecule has 3 rings (SSSR count). The van der Waals surface area contributed by atoms with Crippen LogP contribution in [-0.4, -0.2) is 15.4 Å². The normalized spacial score (nSPS) is 13.8. The van der Waals surface area contributed by atoms with E-state index >= 15 is 0 Å². The Kier molecular flexibility index (Phi) is 10.2. The molecule has 28 heavy (non-hydrogen) atoms. The van der Waals surface area contributed by atoms with Crippen molar-refractivity contribution in [3.63, 3.8) is 0 Å². The Bertz CT molecular complexity index is 763. The summed E-state index contributed by atoms with van der Waals surface area (Å²) in [7, 11) is 0. The molecule has 0 spiro atoms. The predicted octanol–water partition coefficient (Wildman–Crippen LogP) is 8.24. The minimum absolute atomic E-state index is 0.0662. The van der Waals surface area contributed by atoms with E-state index in [4.69, 9.17) is 16.0 Å². The van der Waals surface area contributed by atoms with Crippen LogP contribution in [0.5, 0.6) is 0 Å². The van der Waals surface area contributed by atoms with Crippen LogP contribution in [0.2, 0.25) is 5.15 Å². The summed E-state index contributed by atoms with van der Waals surface area (Å²) in [5.41, 5.74) is 3.68. The molecule has 1 heterocycles. The first kappa shape index (κ1) is 24.6. The van der Waals surface area contributed by atoms with Crippen LogP contribution in [0.25, 0.3) is 11.3 Å². The standard InChI is InChI=1S/C19H20ClFN2S.2C2H6/c1-19(2,3)24-23-18(13-4-5-13)14-10-16(22-17(20)11-14)12-6-8-15(21)9-7-12;2*1-2/h6-11,13H,4-5H2,1-3H3;2*1-2H3/b23-18-;;. The maximum atomic E-state index is 13.1. The van der Waals surface area contributed by atoms with E-state index in [0.29, 0.717) is 11.1 Å². The van der Waals surface area contributed by atoms with Gasteiger partial charge in [-0.1, -0.05) is 39.3 Å². The summed E-state index contributed by atoms with van der Waals surface area (Å²) in [4.78, 5) is 4.39. The summed E-state index contributed by atoms with van der Waals surface area (Å²) in [5.74, 6) is 0.238. The third kappa shape index (κ3) is 7.92. The molecule has 0 bridgehead atoms. The summed E-state index contributed by atoms with van der Waals surface area (Å²) in [5, 5.41) is 0.431. The van der Waals surface area contributed by atoms with Crippen LogP contribution in [0.4, 0.5) is 4.39 Å². The van der Waals surface area contributed by atoms with E-state index in [-0.39, 0.29) is 10.6 Å². The van der Waals surface area contributed by atoms with Crippen molar-refractivity contribution in [2.24, 2.45) is 10.3 Å². The summed E-state index contributed by atoms with van der Waals surface area (Å²) in [6.45, 7) is 14.4. The molecule has 1 aliphatic rings. The van der Waals surface area contributed by atoms with Gasteiger partial charge in [-0.15, -0.1) is 0 Å². The minimum Gasteiger partial charge on any atom is -0.236 e. The quantitative estimate of drug-likeness (QED) is 0.281. The van der Waals surface area contributed by atoms with Gasteiger partial charge in [-0.05, 0) is 82.0 Å². The van der Waals surface area contributed by atoms with E-state index in [9.17, 15) is 4.39 Å². The van der Waals surface area contributed by atoms with Crippen molar-refractivity contribution in [2.75, 3.05) is 0 Å². The average Bonchev–Trinajstić information content (AvgIpc) is 3.49. The number of pyridine rings is 1. The summed E-state index contributed by atoms with van der Waals surface area (Å²) in [6, 6.07) is 10.2. The SMILES string of the molecule is CC.CC.CC(C)(C)S/N=C(\c1cc(Cl)nc(-c2ccc(F)cc2)c1)C1CC1. The van der Waals surface area contributed by atoms with Gasteiger partial charge in [0.15, 0.2) is 0 Å². The van der Waals surface area contributed by atoms with E-state index in [1.165, 1.54) is 12.1 Å². The molecule has 0 atom stereocenters. The Morgan fingerprint density at radius 1 is 1.07 bits per heavy atom. The summed E-state index contributed by atoms with van der Waals surface area (Å²) in [6.07, 6.45) is 2.32. The maximum absolute atomic E-state index is 13.1. The molecular weight excluding hydrogens is 391 g/mol. The number of halogens is 2. The Hall–Kier alpha value is -1.39. The molecule has 0 aliphatic heterocycles. The van der Waals surface area contributed by atoms with Gasteiger partial charge in [-0.25, -0.2) is 13.8 Å². The second kappa shape index (κ2) is 11.6. The van der Waals surface area contributed by atoms with Crippen molar-refractivity contribution < 1.29 is 4.39 Å². The number of aromatic nitrogens is 1. The minimum atomic E-state index is -0.261. The lowest BCUT2D eigenvalue weighted by Crippen LogP contribution is -2.09. The summed E-state index contributed by atoms with van der Waals surface area (Å²) >= 11 is 7.83. The zero-order chi connectivity index (χ0) is 21.3. The van der Waals surface area contributed by atoms with Crippen LogP contribution in [0, 0.1) is 11.7 Å². The number of hydrogen-bond acceptors (Lipinski definition) is 3. The topological polar surface area (TPSA) is 25.2 Å². The molecular formula is C23H32ClFN2S. The van der Waals surface area contributed by atoms with E-state index in [0.717, 1.165) is 35.4 Å². The van der Waals surface area contributed by atoms with Crippen LogP contribution in [0.1, 0.15) is 66.9 Å². The fourth-order valence-electron chi connectivity index (χ4n) is 2.32. The van der Waals surface area contributed by atoms with Gasteiger partial charge in [0.05, 0.1) is 11.4 Å². The van der Waals surface area contributed by atoms with Crippen LogP contribution in [0.3, 0.4) is 0 Å². The van der Waals surface area contributed by atoms with Crippen LogP contribution in [0.15, 0.2) is 40.8 Å². The lowest BCUT2D eigenvalue weighted by molar-refractivity contribution is 0.628. The van der Waals surface area contributed by atoms with E-state index in [2.05, 4.69) is 25.8 Å². The Labute approximate surface area is 179 Å². The Morgan fingerprint density at radius 3 is 2.14 bits per heavy atom. The lowest BCUT2D eigenvalue weighted by Gasteiger charge is -2.15. The van der Waals surface area contributed by atoms with E-state index < -0.39 is 0 Å². The zero-order valence-electron chi connectivity index (χ0n) is 18.0. The molecule has 2 aromatic rings. The number of rotatable bonds is 4. The van der Waals surface area contributed by atoms with Gasteiger partial charge in [0, 0.05) is 21.8 Å². The fourth-order valence-corrected chi connectivity index (χ4v) is 3.15. The monoisotopic (exact) mass is 422 g/mol. The summed E-state index contributed by atoms with van der Waals surface area (Å²) < 4.78 is 18.0. The van der Waals surface area contributed by atoms with Crippen molar-refractivity contribution in [3.8, 4) is 11.3 Å². The Balaban J connectivity index is 0.000000921. The first-order valence-corrected chi connectivity index (χ1v) is 11.2. The largest absolute Gasteiger partial charge is 0.236 e. The van der Waals surface area contributed by atoms with Crippen molar-refractivity contribution in [2.45, 2.75) is 66.1 Å². The highest BCUT2D eigenvalue weighted by Gasteiger charge is 2.30. The van der Waals surface area contributed by atoms with Crippen LogP contribution in [-0.2, 0) is 0 Å². The van der Waals surface area contributed by atoms with E-state index in [1.807, 2.05) is 39.8 Å². The second-order valence-corrected chi connectivity index (χ2v) is 9.00. The third-order valence-corrected chi connectivity index (χ3v) is 4.64. The molecule has 1 aromatic carbocycles. The number of hydrogen-bond donors (Lipinski definition) is 0. The van der Waals surface area contributed by atoms with Crippen molar-refractivity contribution >= 4 is 29.3 Å². The maximum Gasteiger partial charge on any atom is 0.130 e. The number of benzene rings is 1. The zero-order valence-corrected chi connectivity index (χ0v) is 19.6. The van der Waals surface area contributed by atoms with Gasteiger partial charge in [-0.2, -0.15) is 0 Å². The van der Waals surface area contributed by atoms with Crippen molar-refractivity contribution in [1.82, 2.24) is 4.98 Å². The molecule has 0 unspecified atom stereocenters. The van der Waals surface area contributed by atoms with Gasteiger partial charge >= 0.3 is 0 Å². The first-order chi connectivity index (χ1) is 13.3. The molecule has 1 fully saturated rings. The molecule has 0 saturated heterocycles. The van der Waals surface area contributed by atoms with Gasteiger partial charge in [0.1, 0.15) is 11.0 Å². The van der Waals surface area contributed by atoms with Crippen LogP contribution < -0.4 is 0 Å². The van der Waals surface area contributed by atoms with Gasteiger partial charge in [-0.3, -0.25) is 0 Å². The Morgan fingerprint density at radius 2 is 1.64 bits per heavy atom. The molecule has 5 heteroatoms.